The molecule has 8 heteroatoms. The first-order valence-corrected chi connectivity index (χ1v) is 9.64. The molecule has 0 atom stereocenters. The Morgan fingerprint density at radius 3 is 2.74 bits per heavy atom. The van der Waals surface area contributed by atoms with Crippen LogP contribution in [0.2, 0.25) is 5.02 Å². The number of para-hydroxylation sites is 1. The second kappa shape index (κ2) is 8.92. The molecule has 0 saturated heterocycles. The minimum atomic E-state index is -0.151. The molecule has 0 spiro atoms. The van der Waals surface area contributed by atoms with E-state index in [1.165, 1.54) is 16.3 Å². The molecule has 0 saturated carbocycles. The van der Waals surface area contributed by atoms with E-state index in [0.29, 0.717) is 40.0 Å². The van der Waals surface area contributed by atoms with E-state index in [0.717, 1.165) is 0 Å². The van der Waals surface area contributed by atoms with Crippen LogP contribution in [0.1, 0.15) is 0 Å². The van der Waals surface area contributed by atoms with Gasteiger partial charge in [-0.3, -0.25) is 14.2 Å². The average molecular weight is 404 g/mol. The molecule has 0 radical (unpaired) electrons. The Bertz CT molecular complexity index is 1010. The maximum absolute atomic E-state index is 12.3. The number of thioether (sulfide) groups is 1. The van der Waals surface area contributed by atoms with Gasteiger partial charge in [0, 0.05) is 12.1 Å². The van der Waals surface area contributed by atoms with Gasteiger partial charge in [0.25, 0.3) is 5.56 Å². The third-order valence-electron chi connectivity index (χ3n) is 3.78. The van der Waals surface area contributed by atoms with Crippen molar-refractivity contribution >= 4 is 40.2 Å². The molecule has 1 heterocycles. The minimum absolute atomic E-state index is 0.125. The first kappa shape index (κ1) is 19.3. The van der Waals surface area contributed by atoms with Crippen molar-refractivity contribution in [2.45, 2.75) is 5.16 Å². The summed E-state index contributed by atoms with van der Waals surface area (Å²) in [6.45, 7) is 0.733. The highest BCUT2D eigenvalue weighted by molar-refractivity contribution is 7.99. The number of benzene rings is 2. The summed E-state index contributed by atoms with van der Waals surface area (Å²) in [4.78, 5) is 28.8. The zero-order valence-corrected chi connectivity index (χ0v) is 16.2. The third-order valence-corrected chi connectivity index (χ3v) is 5.06. The third kappa shape index (κ3) is 5.02. The van der Waals surface area contributed by atoms with E-state index in [2.05, 4.69) is 10.3 Å². The molecular formula is C19H18ClN3O3S. The number of nitrogens with one attached hydrogen (secondary N) is 1. The summed E-state index contributed by atoms with van der Waals surface area (Å²) in [5.41, 5.74) is 0.500. The van der Waals surface area contributed by atoms with Crippen LogP contribution in [0, 0.1) is 0 Å². The van der Waals surface area contributed by atoms with Crippen molar-refractivity contribution in [3.8, 4) is 5.75 Å². The quantitative estimate of drug-likeness (QED) is 0.373. The van der Waals surface area contributed by atoms with E-state index < -0.39 is 0 Å². The van der Waals surface area contributed by atoms with Gasteiger partial charge in [-0.2, -0.15) is 0 Å². The Kier molecular flexibility index (Phi) is 6.36. The van der Waals surface area contributed by atoms with E-state index in [9.17, 15) is 9.59 Å². The number of halogens is 1. The van der Waals surface area contributed by atoms with Crippen LogP contribution in [0.4, 0.5) is 0 Å². The number of carbonyl (C=O) groups is 1. The number of hydrogen-bond acceptors (Lipinski definition) is 5. The Morgan fingerprint density at radius 2 is 1.96 bits per heavy atom. The number of aromatic nitrogens is 2. The zero-order chi connectivity index (χ0) is 19.2. The van der Waals surface area contributed by atoms with E-state index in [1.54, 1.807) is 49.5 Å². The number of rotatable bonds is 7. The number of ether oxygens (including phenoxy) is 1. The summed E-state index contributed by atoms with van der Waals surface area (Å²) in [6, 6.07) is 14.2. The molecule has 3 rings (SSSR count). The van der Waals surface area contributed by atoms with Crippen LogP contribution < -0.4 is 15.6 Å². The molecule has 1 amide bonds. The summed E-state index contributed by atoms with van der Waals surface area (Å²) in [7, 11) is 1.65. The van der Waals surface area contributed by atoms with Gasteiger partial charge in [-0.05, 0) is 36.4 Å². The van der Waals surface area contributed by atoms with Crippen molar-refractivity contribution < 1.29 is 9.53 Å². The highest BCUT2D eigenvalue weighted by Gasteiger charge is 2.10. The molecule has 0 aliphatic heterocycles. The summed E-state index contributed by atoms with van der Waals surface area (Å²) < 4.78 is 6.98. The standard InChI is InChI=1S/C19H18ClN3O3S/c1-23-18(25)15-4-2-3-5-16(15)22-19(23)27-12-17(24)21-10-11-26-14-8-6-13(20)7-9-14/h2-9H,10-12H2,1H3,(H,21,24). The molecule has 1 N–H and O–H groups in total. The average Bonchev–Trinajstić information content (AvgIpc) is 2.68. The van der Waals surface area contributed by atoms with Crippen molar-refractivity contribution in [3.63, 3.8) is 0 Å². The Morgan fingerprint density at radius 1 is 1.22 bits per heavy atom. The van der Waals surface area contributed by atoms with Gasteiger partial charge < -0.3 is 10.1 Å². The van der Waals surface area contributed by atoms with Gasteiger partial charge in [-0.15, -0.1) is 0 Å². The van der Waals surface area contributed by atoms with Crippen molar-refractivity contribution in [2.24, 2.45) is 7.05 Å². The van der Waals surface area contributed by atoms with Crippen LogP contribution in [0.5, 0.6) is 5.75 Å². The monoisotopic (exact) mass is 403 g/mol. The van der Waals surface area contributed by atoms with Crippen LogP contribution in [0.25, 0.3) is 10.9 Å². The van der Waals surface area contributed by atoms with Gasteiger partial charge in [0.15, 0.2) is 5.16 Å². The molecule has 0 fully saturated rings. The molecule has 0 aliphatic carbocycles. The smallest absolute Gasteiger partial charge is 0.261 e. The van der Waals surface area contributed by atoms with Gasteiger partial charge in [0.2, 0.25) is 5.91 Å². The molecular weight excluding hydrogens is 386 g/mol. The second-order valence-electron chi connectivity index (χ2n) is 5.72. The van der Waals surface area contributed by atoms with Gasteiger partial charge in [-0.25, -0.2) is 4.98 Å². The summed E-state index contributed by atoms with van der Waals surface area (Å²) >= 11 is 7.04. The van der Waals surface area contributed by atoms with E-state index in [1.807, 2.05) is 6.07 Å². The number of fused-ring (bicyclic) bond motifs is 1. The molecule has 27 heavy (non-hydrogen) atoms. The van der Waals surface area contributed by atoms with Crippen LogP contribution in [0.3, 0.4) is 0 Å². The Balaban J connectivity index is 1.49. The largest absolute Gasteiger partial charge is 0.492 e. The van der Waals surface area contributed by atoms with Crippen molar-refractivity contribution in [2.75, 3.05) is 18.9 Å². The summed E-state index contributed by atoms with van der Waals surface area (Å²) in [5.74, 6) is 0.708. The normalized spacial score (nSPS) is 10.7. The van der Waals surface area contributed by atoms with E-state index >= 15 is 0 Å². The minimum Gasteiger partial charge on any atom is -0.492 e. The number of nitrogens with zero attached hydrogens (tertiary/aromatic N) is 2. The topological polar surface area (TPSA) is 73.2 Å². The maximum atomic E-state index is 12.3. The highest BCUT2D eigenvalue weighted by atomic mass is 35.5. The molecule has 6 nitrogen and oxygen atoms in total. The lowest BCUT2D eigenvalue weighted by molar-refractivity contribution is -0.118. The fourth-order valence-electron chi connectivity index (χ4n) is 2.40. The maximum Gasteiger partial charge on any atom is 0.261 e. The van der Waals surface area contributed by atoms with Crippen LogP contribution in [-0.2, 0) is 11.8 Å². The second-order valence-corrected chi connectivity index (χ2v) is 7.10. The number of carbonyl (C=O) groups excluding carboxylic acids is 1. The van der Waals surface area contributed by atoms with Gasteiger partial charge in [0.05, 0.1) is 23.2 Å². The molecule has 0 bridgehead atoms. The fraction of sp³-hybridized carbons (Fsp3) is 0.211. The van der Waals surface area contributed by atoms with Crippen molar-refractivity contribution in [3.05, 3.63) is 63.9 Å². The molecule has 0 unspecified atom stereocenters. The van der Waals surface area contributed by atoms with Gasteiger partial charge >= 0.3 is 0 Å². The lowest BCUT2D eigenvalue weighted by atomic mass is 10.2. The predicted octanol–water partition coefficient (Wildman–Crippen LogP) is 2.87. The summed E-state index contributed by atoms with van der Waals surface area (Å²) in [6.07, 6.45) is 0. The number of amides is 1. The lowest BCUT2D eigenvalue weighted by Crippen LogP contribution is -2.30. The SMILES string of the molecule is Cn1c(SCC(=O)NCCOc2ccc(Cl)cc2)nc2ccccc2c1=O. The van der Waals surface area contributed by atoms with Crippen molar-refractivity contribution in [1.82, 2.24) is 14.9 Å². The molecule has 2 aromatic carbocycles. The summed E-state index contributed by atoms with van der Waals surface area (Å²) in [5, 5.41) is 4.49. The Hall–Kier alpha value is -2.51. The van der Waals surface area contributed by atoms with E-state index in [4.69, 9.17) is 16.3 Å². The molecule has 140 valence electrons. The fourth-order valence-corrected chi connectivity index (χ4v) is 3.33. The highest BCUT2D eigenvalue weighted by Crippen LogP contribution is 2.17. The molecule has 1 aromatic heterocycles. The van der Waals surface area contributed by atoms with Gasteiger partial charge in [-0.1, -0.05) is 35.5 Å². The van der Waals surface area contributed by atoms with Gasteiger partial charge in [0.1, 0.15) is 12.4 Å². The molecule has 0 aliphatic rings. The van der Waals surface area contributed by atoms with Crippen LogP contribution in [0.15, 0.2) is 58.5 Å². The number of hydrogen-bond donors (Lipinski definition) is 1. The van der Waals surface area contributed by atoms with Crippen LogP contribution >= 0.6 is 23.4 Å². The predicted molar refractivity (Wildman–Crippen MR) is 108 cm³/mol. The van der Waals surface area contributed by atoms with E-state index in [-0.39, 0.29) is 17.2 Å². The molecule has 3 aromatic rings. The van der Waals surface area contributed by atoms with Crippen molar-refractivity contribution in [1.29, 1.82) is 0 Å². The Labute approximate surface area is 165 Å². The lowest BCUT2D eigenvalue weighted by Gasteiger charge is -2.09. The zero-order valence-electron chi connectivity index (χ0n) is 14.6. The first-order valence-electron chi connectivity index (χ1n) is 8.28. The van der Waals surface area contributed by atoms with Crippen LogP contribution in [-0.4, -0.2) is 34.4 Å². The first-order chi connectivity index (χ1) is 13.0.